The summed E-state index contributed by atoms with van der Waals surface area (Å²) in [6.45, 7) is 5.83. The normalized spacial score (nSPS) is 23.4. The molecule has 3 rings (SSSR count). The fourth-order valence-electron chi connectivity index (χ4n) is 2.80. The summed E-state index contributed by atoms with van der Waals surface area (Å²) in [6.07, 6.45) is 3.65. The summed E-state index contributed by atoms with van der Waals surface area (Å²) in [5.41, 5.74) is 3.61. The summed E-state index contributed by atoms with van der Waals surface area (Å²) >= 11 is 0. The van der Waals surface area contributed by atoms with E-state index in [-0.39, 0.29) is 0 Å². The summed E-state index contributed by atoms with van der Waals surface area (Å²) in [4.78, 5) is 11.6. The third-order valence-corrected chi connectivity index (χ3v) is 3.97. The number of likely N-dealkylation sites (N-methyl/N-ethyl adjacent to an activating group) is 1. The Morgan fingerprint density at radius 2 is 2.32 bits per heavy atom. The van der Waals surface area contributed by atoms with E-state index in [1.807, 2.05) is 0 Å². The lowest BCUT2D eigenvalue weighted by atomic mass is 10.1. The fraction of sp³-hybridized carbons (Fsp3) is 0.714. The number of hydrogen-bond donors (Lipinski definition) is 1. The molecule has 5 heteroatoms. The van der Waals surface area contributed by atoms with E-state index >= 15 is 0 Å². The van der Waals surface area contributed by atoms with Crippen LogP contribution in [0.2, 0.25) is 0 Å². The van der Waals surface area contributed by atoms with Gasteiger partial charge in [0.05, 0.1) is 11.8 Å². The molecule has 2 aliphatic heterocycles. The van der Waals surface area contributed by atoms with Crippen LogP contribution in [-0.4, -0.2) is 47.7 Å². The van der Waals surface area contributed by atoms with E-state index in [9.17, 15) is 0 Å². The van der Waals surface area contributed by atoms with E-state index < -0.39 is 0 Å². The van der Waals surface area contributed by atoms with E-state index in [1.54, 1.807) is 0 Å². The first-order chi connectivity index (χ1) is 9.22. The lowest BCUT2D eigenvalue weighted by molar-refractivity contribution is 0.120. The molecule has 0 aliphatic carbocycles. The molecule has 1 aromatic heterocycles. The molecule has 3 heterocycles. The largest absolute Gasteiger partial charge is 0.376 e. The minimum atomic E-state index is 0.325. The SMILES string of the molecule is Cc1nc(NC[C@@H]2CCCO2)nc2c1CN(C)CC2. The third kappa shape index (κ3) is 2.87. The minimum absolute atomic E-state index is 0.325. The van der Waals surface area contributed by atoms with Gasteiger partial charge in [-0.25, -0.2) is 9.97 Å². The number of anilines is 1. The second-order valence-corrected chi connectivity index (χ2v) is 5.56. The molecule has 5 nitrogen and oxygen atoms in total. The van der Waals surface area contributed by atoms with Crippen LogP contribution in [0, 0.1) is 6.92 Å². The number of fused-ring (bicyclic) bond motifs is 1. The van der Waals surface area contributed by atoms with Crippen LogP contribution in [0.25, 0.3) is 0 Å². The third-order valence-electron chi connectivity index (χ3n) is 3.97. The van der Waals surface area contributed by atoms with Crippen LogP contribution in [0.4, 0.5) is 5.95 Å². The molecule has 19 heavy (non-hydrogen) atoms. The molecule has 1 N–H and O–H groups in total. The van der Waals surface area contributed by atoms with Gasteiger partial charge in [-0.3, -0.25) is 0 Å². The van der Waals surface area contributed by atoms with Crippen molar-refractivity contribution in [3.8, 4) is 0 Å². The average Bonchev–Trinajstić information content (AvgIpc) is 2.90. The average molecular weight is 262 g/mol. The van der Waals surface area contributed by atoms with Crippen molar-refractivity contribution in [1.82, 2.24) is 14.9 Å². The number of ether oxygens (including phenoxy) is 1. The van der Waals surface area contributed by atoms with Gasteiger partial charge in [0.25, 0.3) is 0 Å². The Balaban J connectivity index is 1.70. The van der Waals surface area contributed by atoms with Gasteiger partial charge in [0.2, 0.25) is 5.95 Å². The number of nitrogens with one attached hydrogen (secondary N) is 1. The van der Waals surface area contributed by atoms with Crippen molar-refractivity contribution in [3.05, 3.63) is 17.0 Å². The maximum atomic E-state index is 5.61. The van der Waals surface area contributed by atoms with E-state index in [2.05, 4.69) is 34.2 Å². The Hall–Kier alpha value is -1.20. The fourth-order valence-corrected chi connectivity index (χ4v) is 2.80. The van der Waals surface area contributed by atoms with E-state index in [0.717, 1.165) is 50.7 Å². The quantitative estimate of drug-likeness (QED) is 0.891. The molecule has 0 bridgehead atoms. The van der Waals surface area contributed by atoms with Crippen LogP contribution < -0.4 is 5.32 Å². The van der Waals surface area contributed by atoms with Crippen molar-refractivity contribution in [2.45, 2.75) is 38.8 Å². The maximum absolute atomic E-state index is 5.61. The smallest absolute Gasteiger partial charge is 0.223 e. The van der Waals surface area contributed by atoms with Crippen LogP contribution in [0.1, 0.15) is 29.8 Å². The van der Waals surface area contributed by atoms with Gasteiger partial charge in [-0.2, -0.15) is 0 Å². The van der Waals surface area contributed by atoms with E-state index in [1.165, 1.54) is 17.7 Å². The highest BCUT2D eigenvalue weighted by Gasteiger charge is 2.19. The molecular formula is C14H22N4O. The zero-order chi connectivity index (χ0) is 13.2. The molecule has 1 fully saturated rings. The molecule has 1 aromatic rings. The van der Waals surface area contributed by atoms with Crippen molar-refractivity contribution in [2.24, 2.45) is 0 Å². The molecule has 0 saturated carbocycles. The lowest BCUT2D eigenvalue weighted by Gasteiger charge is -2.25. The molecule has 0 aromatic carbocycles. The van der Waals surface area contributed by atoms with E-state index in [0.29, 0.717) is 6.10 Å². The van der Waals surface area contributed by atoms with Gasteiger partial charge in [-0.1, -0.05) is 0 Å². The Morgan fingerprint density at radius 3 is 3.11 bits per heavy atom. The van der Waals surface area contributed by atoms with E-state index in [4.69, 9.17) is 4.74 Å². The Kier molecular flexibility index (Phi) is 3.66. The standard InChI is InChI=1S/C14H22N4O/c1-10-12-9-18(2)6-5-13(12)17-14(16-10)15-8-11-4-3-7-19-11/h11H,3-9H2,1-2H3,(H,15,16,17)/t11-/m0/s1. The summed E-state index contributed by atoms with van der Waals surface area (Å²) in [7, 11) is 2.14. The summed E-state index contributed by atoms with van der Waals surface area (Å²) < 4.78 is 5.61. The summed E-state index contributed by atoms with van der Waals surface area (Å²) in [6, 6.07) is 0. The van der Waals surface area contributed by atoms with Crippen molar-refractivity contribution in [3.63, 3.8) is 0 Å². The zero-order valence-electron chi connectivity index (χ0n) is 11.8. The molecular weight excluding hydrogens is 240 g/mol. The Morgan fingerprint density at radius 1 is 1.42 bits per heavy atom. The number of hydrogen-bond acceptors (Lipinski definition) is 5. The second kappa shape index (κ2) is 5.43. The predicted molar refractivity (Wildman–Crippen MR) is 74.3 cm³/mol. The highest BCUT2D eigenvalue weighted by molar-refractivity contribution is 5.35. The molecule has 1 saturated heterocycles. The van der Waals surface area contributed by atoms with Crippen LogP contribution >= 0.6 is 0 Å². The highest BCUT2D eigenvalue weighted by atomic mass is 16.5. The number of nitrogens with zero attached hydrogens (tertiary/aromatic N) is 3. The van der Waals surface area contributed by atoms with Gasteiger partial charge in [0.15, 0.2) is 0 Å². The molecule has 1 atom stereocenters. The van der Waals surface area contributed by atoms with Gasteiger partial charge in [0.1, 0.15) is 0 Å². The Bertz CT molecular complexity index is 457. The summed E-state index contributed by atoms with van der Waals surface area (Å²) in [5, 5.41) is 3.33. The second-order valence-electron chi connectivity index (χ2n) is 5.56. The number of rotatable bonds is 3. The van der Waals surface area contributed by atoms with Crippen LogP contribution in [0.3, 0.4) is 0 Å². The molecule has 2 aliphatic rings. The Labute approximate surface area is 114 Å². The topological polar surface area (TPSA) is 50.3 Å². The first-order valence-electron chi connectivity index (χ1n) is 7.13. The van der Waals surface area contributed by atoms with Gasteiger partial charge >= 0.3 is 0 Å². The molecule has 0 unspecified atom stereocenters. The number of aryl methyl sites for hydroxylation is 1. The summed E-state index contributed by atoms with van der Waals surface area (Å²) in [5.74, 6) is 0.760. The van der Waals surface area contributed by atoms with Crippen molar-refractivity contribution in [2.75, 3.05) is 32.1 Å². The number of aromatic nitrogens is 2. The van der Waals surface area contributed by atoms with Gasteiger partial charge in [0, 0.05) is 43.9 Å². The van der Waals surface area contributed by atoms with Gasteiger partial charge in [-0.15, -0.1) is 0 Å². The molecule has 0 radical (unpaired) electrons. The van der Waals surface area contributed by atoms with Gasteiger partial charge in [-0.05, 0) is 26.8 Å². The van der Waals surface area contributed by atoms with Crippen LogP contribution in [0.15, 0.2) is 0 Å². The predicted octanol–water partition coefficient (Wildman–Crippen LogP) is 1.36. The molecule has 0 amide bonds. The lowest BCUT2D eigenvalue weighted by Crippen LogP contribution is -2.29. The van der Waals surface area contributed by atoms with Crippen molar-refractivity contribution in [1.29, 1.82) is 0 Å². The van der Waals surface area contributed by atoms with Crippen LogP contribution in [0.5, 0.6) is 0 Å². The maximum Gasteiger partial charge on any atom is 0.223 e. The minimum Gasteiger partial charge on any atom is -0.376 e. The molecule has 104 valence electrons. The zero-order valence-corrected chi connectivity index (χ0v) is 11.8. The highest BCUT2D eigenvalue weighted by Crippen LogP contribution is 2.20. The first-order valence-corrected chi connectivity index (χ1v) is 7.13. The monoisotopic (exact) mass is 262 g/mol. The van der Waals surface area contributed by atoms with Gasteiger partial charge < -0.3 is 15.0 Å². The van der Waals surface area contributed by atoms with Crippen molar-refractivity contribution >= 4 is 5.95 Å². The molecule has 0 spiro atoms. The van der Waals surface area contributed by atoms with Crippen molar-refractivity contribution < 1.29 is 4.74 Å². The van der Waals surface area contributed by atoms with Crippen LogP contribution in [-0.2, 0) is 17.7 Å². The first kappa shape index (κ1) is 12.8.